The highest BCUT2D eigenvalue weighted by Crippen LogP contribution is 2.31. The van der Waals surface area contributed by atoms with E-state index in [1.165, 1.54) is 11.3 Å². The number of halogens is 3. The third-order valence-electron chi connectivity index (χ3n) is 3.46. The minimum absolute atomic E-state index is 0.0561. The van der Waals surface area contributed by atoms with Crippen LogP contribution in [0.5, 0.6) is 5.75 Å². The largest absolute Gasteiger partial charge is 0.486 e. The van der Waals surface area contributed by atoms with Crippen molar-refractivity contribution >= 4 is 39.7 Å². The fourth-order valence-electron chi connectivity index (χ4n) is 2.22. The van der Waals surface area contributed by atoms with E-state index in [1.807, 2.05) is 5.38 Å². The van der Waals surface area contributed by atoms with Crippen molar-refractivity contribution in [2.45, 2.75) is 19.3 Å². The first-order valence-electron chi connectivity index (χ1n) is 7.35. The highest BCUT2D eigenvalue weighted by atomic mass is 35.5. The van der Waals surface area contributed by atoms with E-state index in [4.69, 9.17) is 16.3 Å². The molecule has 0 saturated heterocycles. The second-order valence-electron chi connectivity index (χ2n) is 5.27. The van der Waals surface area contributed by atoms with Crippen LogP contribution in [0.4, 0.5) is 8.78 Å². The molecule has 2 aromatic heterocycles. The molecule has 0 aliphatic heterocycles. The van der Waals surface area contributed by atoms with Gasteiger partial charge in [0.05, 0.1) is 22.8 Å². The Morgan fingerprint density at radius 1 is 1.44 bits per heavy atom. The van der Waals surface area contributed by atoms with Crippen LogP contribution in [0, 0.1) is 0 Å². The number of rotatable bonds is 7. The molecule has 0 fully saturated rings. The first kappa shape index (κ1) is 17.6. The number of benzene rings is 1. The second-order valence-corrected chi connectivity index (χ2v) is 6.40. The number of fused-ring (bicyclic) bond motifs is 1. The molecule has 1 aromatic carbocycles. The lowest BCUT2D eigenvalue weighted by Crippen LogP contribution is -2.32. The van der Waals surface area contributed by atoms with Crippen LogP contribution >= 0.6 is 22.9 Å². The fraction of sp³-hybridized carbons (Fsp3) is 0.250. The van der Waals surface area contributed by atoms with Crippen molar-refractivity contribution in [3.8, 4) is 5.75 Å². The van der Waals surface area contributed by atoms with E-state index in [-0.39, 0.29) is 6.54 Å². The van der Waals surface area contributed by atoms with E-state index >= 15 is 0 Å². The van der Waals surface area contributed by atoms with Crippen LogP contribution in [-0.2, 0) is 17.9 Å². The van der Waals surface area contributed by atoms with Gasteiger partial charge in [-0.25, -0.2) is 13.8 Å². The second kappa shape index (κ2) is 7.79. The van der Waals surface area contributed by atoms with E-state index in [9.17, 15) is 13.6 Å². The Kier molecular flexibility index (Phi) is 5.50. The van der Waals surface area contributed by atoms with E-state index in [0.717, 1.165) is 16.6 Å². The number of hydrogen-bond acceptors (Lipinski definition) is 4. The van der Waals surface area contributed by atoms with Crippen LogP contribution in [0.25, 0.3) is 10.9 Å². The Balaban J connectivity index is 1.70. The SMILES string of the molecule is O=C(NCc1cc2cc(Cl)c(OCc3cscn3)cc2[nH]1)[C@@H](F)CF. The number of H-pyrrole nitrogens is 1. The molecule has 25 heavy (non-hydrogen) atoms. The first-order chi connectivity index (χ1) is 12.1. The molecule has 0 spiro atoms. The molecule has 0 aliphatic rings. The summed E-state index contributed by atoms with van der Waals surface area (Å²) in [5.74, 6) is -0.479. The maximum absolute atomic E-state index is 12.9. The molecule has 3 rings (SSSR count). The van der Waals surface area contributed by atoms with Crippen molar-refractivity contribution in [2.24, 2.45) is 0 Å². The number of thiazole rings is 1. The van der Waals surface area contributed by atoms with Gasteiger partial charge in [0, 0.05) is 28.0 Å². The van der Waals surface area contributed by atoms with Gasteiger partial charge in [0.1, 0.15) is 19.0 Å². The molecule has 1 amide bonds. The summed E-state index contributed by atoms with van der Waals surface area (Å²) < 4.78 is 30.7. The molecule has 0 saturated carbocycles. The Morgan fingerprint density at radius 2 is 2.28 bits per heavy atom. The fourth-order valence-corrected chi connectivity index (χ4v) is 2.99. The van der Waals surface area contributed by atoms with Gasteiger partial charge in [-0.1, -0.05) is 11.6 Å². The zero-order valence-corrected chi connectivity index (χ0v) is 14.5. The van der Waals surface area contributed by atoms with E-state index in [2.05, 4.69) is 15.3 Å². The van der Waals surface area contributed by atoms with Gasteiger partial charge < -0.3 is 15.0 Å². The third-order valence-corrected chi connectivity index (χ3v) is 4.39. The van der Waals surface area contributed by atoms with Crippen LogP contribution in [0.2, 0.25) is 5.02 Å². The van der Waals surface area contributed by atoms with Gasteiger partial charge in [-0.15, -0.1) is 11.3 Å². The van der Waals surface area contributed by atoms with Crippen LogP contribution in [0.3, 0.4) is 0 Å². The molecule has 3 aromatic rings. The minimum Gasteiger partial charge on any atom is -0.486 e. The van der Waals surface area contributed by atoms with Gasteiger partial charge in [0.25, 0.3) is 5.91 Å². The quantitative estimate of drug-likeness (QED) is 0.650. The Labute approximate surface area is 151 Å². The smallest absolute Gasteiger partial charge is 0.257 e. The number of aromatic nitrogens is 2. The number of alkyl halides is 2. The zero-order chi connectivity index (χ0) is 17.8. The number of carbonyl (C=O) groups is 1. The molecule has 2 N–H and O–H groups in total. The summed E-state index contributed by atoms with van der Waals surface area (Å²) in [5, 5.41) is 5.47. The average molecular weight is 386 g/mol. The van der Waals surface area contributed by atoms with Crippen LogP contribution in [0.15, 0.2) is 29.1 Å². The van der Waals surface area contributed by atoms with E-state index < -0.39 is 18.8 Å². The van der Waals surface area contributed by atoms with Crippen molar-refractivity contribution in [1.82, 2.24) is 15.3 Å². The minimum atomic E-state index is -2.15. The van der Waals surface area contributed by atoms with E-state index in [0.29, 0.717) is 23.1 Å². The number of carbonyl (C=O) groups excluding carboxylic acids is 1. The van der Waals surface area contributed by atoms with Crippen molar-refractivity contribution in [3.63, 3.8) is 0 Å². The lowest BCUT2D eigenvalue weighted by atomic mass is 10.2. The molecule has 0 bridgehead atoms. The summed E-state index contributed by atoms with van der Waals surface area (Å²) in [6, 6.07) is 5.25. The average Bonchev–Trinajstić information content (AvgIpc) is 3.25. The van der Waals surface area contributed by atoms with Gasteiger partial charge in [0.2, 0.25) is 6.17 Å². The van der Waals surface area contributed by atoms with Crippen LogP contribution in [-0.4, -0.2) is 28.7 Å². The number of nitrogens with one attached hydrogen (secondary N) is 2. The highest BCUT2D eigenvalue weighted by Gasteiger charge is 2.16. The van der Waals surface area contributed by atoms with Gasteiger partial charge in [-0.2, -0.15) is 0 Å². The topological polar surface area (TPSA) is 67.0 Å². The third kappa shape index (κ3) is 4.26. The van der Waals surface area contributed by atoms with Crippen molar-refractivity contribution in [1.29, 1.82) is 0 Å². The molecule has 9 heteroatoms. The summed E-state index contributed by atoms with van der Waals surface area (Å²) >= 11 is 7.70. The maximum atomic E-state index is 12.9. The molecule has 0 unspecified atom stereocenters. The van der Waals surface area contributed by atoms with Gasteiger partial charge in [0.15, 0.2) is 0 Å². The van der Waals surface area contributed by atoms with Crippen LogP contribution < -0.4 is 10.1 Å². The lowest BCUT2D eigenvalue weighted by molar-refractivity contribution is -0.126. The van der Waals surface area contributed by atoms with Crippen molar-refractivity contribution in [3.05, 3.63) is 45.5 Å². The highest BCUT2D eigenvalue weighted by molar-refractivity contribution is 7.07. The summed E-state index contributed by atoms with van der Waals surface area (Å²) in [6.07, 6.45) is -2.15. The molecule has 0 radical (unpaired) electrons. The summed E-state index contributed by atoms with van der Waals surface area (Å²) in [4.78, 5) is 18.5. The molecular weight excluding hydrogens is 372 g/mol. The predicted octanol–water partition coefficient (Wildman–Crippen LogP) is 3.78. The lowest BCUT2D eigenvalue weighted by Gasteiger charge is -2.06. The standard InChI is InChI=1S/C16H14ClF2N3O2S/c17-12-2-9-1-10(5-20-16(23)13(19)4-18)22-14(9)3-15(12)24-6-11-7-25-8-21-11/h1-3,7-8,13,22H,4-6H2,(H,20,23)/t13-/m0/s1. The van der Waals surface area contributed by atoms with Crippen LogP contribution in [0.1, 0.15) is 11.4 Å². The Bertz CT molecular complexity index is 870. The molecule has 5 nitrogen and oxygen atoms in total. The summed E-state index contributed by atoms with van der Waals surface area (Å²) in [6.45, 7) is -0.978. The van der Waals surface area contributed by atoms with Gasteiger partial charge in [-0.05, 0) is 12.1 Å². The van der Waals surface area contributed by atoms with Crippen molar-refractivity contribution in [2.75, 3.05) is 6.67 Å². The number of amides is 1. The number of aromatic amines is 1. The predicted molar refractivity (Wildman–Crippen MR) is 92.5 cm³/mol. The summed E-state index contributed by atoms with van der Waals surface area (Å²) in [5.41, 5.74) is 3.93. The molecule has 2 heterocycles. The van der Waals surface area contributed by atoms with Gasteiger partial charge in [-0.3, -0.25) is 4.79 Å². The molecule has 132 valence electrons. The Hall–Kier alpha value is -2.19. The number of ether oxygens (including phenoxy) is 1. The Morgan fingerprint density at radius 3 is 3.00 bits per heavy atom. The molecule has 1 atom stereocenters. The summed E-state index contributed by atoms with van der Waals surface area (Å²) in [7, 11) is 0. The number of nitrogens with zero attached hydrogens (tertiary/aromatic N) is 1. The van der Waals surface area contributed by atoms with Gasteiger partial charge >= 0.3 is 0 Å². The maximum Gasteiger partial charge on any atom is 0.257 e. The zero-order valence-electron chi connectivity index (χ0n) is 12.9. The van der Waals surface area contributed by atoms with Crippen molar-refractivity contribution < 1.29 is 18.3 Å². The number of hydrogen-bond donors (Lipinski definition) is 2. The van der Waals surface area contributed by atoms with E-state index in [1.54, 1.807) is 23.7 Å². The molecule has 0 aliphatic carbocycles. The monoisotopic (exact) mass is 385 g/mol. The normalized spacial score (nSPS) is 12.3. The molecular formula is C16H14ClF2N3O2S. The first-order valence-corrected chi connectivity index (χ1v) is 8.67.